The average Bonchev–Trinajstić information content (AvgIpc) is 2.61. The third kappa shape index (κ3) is 5.42. The summed E-state index contributed by atoms with van der Waals surface area (Å²) < 4.78 is 6.62. The van der Waals surface area contributed by atoms with Gasteiger partial charge in [-0.3, -0.25) is 0 Å². The summed E-state index contributed by atoms with van der Waals surface area (Å²) in [5.74, 6) is -0.600. The maximum Gasteiger partial charge on any atom is 0.348 e. The van der Waals surface area contributed by atoms with Crippen LogP contribution in [0.3, 0.4) is 0 Å². The number of benzene rings is 2. The van der Waals surface area contributed by atoms with Crippen LogP contribution in [0.4, 0.5) is 0 Å². The molecule has 1 atom stereocenters. The molecular formula is C21H26BrNNiO3. The second kappa shape index (κ2) is 9.83. The van der Waals surface area contributed by atoms with E-state index in [1.165, 1.54) is 0 Å². The Kier molecular flexibility index (Phi) is 8.68. The van der Waals surface area contributed by atoms with Crippen LogP contribution in [-0.4, -0.2) is 48.8 Å². The van der Waals surface area contributed by atoms with Gasteiger partial charge in [0.25, 0.3) is 0 Å². The Morgan fingerprint density at radius 1 is 1.04 bits per heavy atom. The Morgan fingerprint density at radius 2 is 1.52 bits per heavy atom. The number of nitrogens with zero attached hydrogens (tertiary/aromatic N) is 1. The summed E-state index contributed by atoms with van der Waals surface area (Å²) in [4.78, 5) is 13.1. The van der Waals surface area contributed by atoms with Gasteiger partial charge >= 0.3 is 5.97 Å². The molecule has 1 unspecified atom stereocenters. The minimum absolute atomic E-state index is 0. The van der Waals surface area contributed by atoms with Crippen LogP contribution >= 0.6 is 0 Å². The van der Waals surface area contributed by atoms with Gasteiger partial charge in [0.1, 0.15) is 6.54 Å². The molecule has 3 rings (SSSR count). The first-order valence-electron chi connectivity index (χ1n) is 8.78. The van der Waals surface area contributed by atoms with Crippen LogP contribution in [0.25, 0.3) is 0 Å². The van der Waals surface area contributed by atoms with E-state index in [4.69, 9.17) is 4.74 Å². The van der Waals surface area contributed by atoms with Crippen LogP contribution in [0, 0.1) is 0 Å². The molecular weight excluding hydrogens is 453 g/mol. The number of piperidine rings is 1. The first-order chi connectivity index (χ1) is 11.9. The Morgan fingerprint density at radius 3 is 1.96 bits per heavy atom. The number of carbonyl (C=O) groups is 1. The SMILES string of the molecule is C[N+]1(C)CCCC(OC(=O)C(O)(c2ccccc2)c2ccccc2)C1.[Br-].[Ni]. The van der Waals surface area contributed by atoms with Crippen molar-refractivity contribution in [1.82, 2.24) is 0 Å². The second-order valence-corrected chi connectivity index (χ2v) is 7.45. The molecule has 0 amide bonds. The standard InChI is InChI=1S/C21H26NO3.BrH.Ni/c1-22(2)15-9-14-19(16-22)25-20(23)21(24,17-10-5-3-6-11-17)18-12-7-4-8-13-18;;/h3-8,10-13,19,24H,9,14-16H2,1-2H3;1H;/q+1;;/p-1. The smallest absolute Gasteiger partial charge is 0.348 e. The van der Waals surface area contributed by atoms with Gasteiger partial charge in [0.15, 0.2) is 6.10 Å². The normalized spacial score (nSPS) is 18.6. The number of quaternary nitrogens is 1. The van der Waals surface area contributed by atoms with Gasteiger partial charge in [0.2, 0.25) is 5.60 Å². The van der Waals surface area contributed by atoms with Crippen molar-refractivity contribution in [2.24, 2.45) is 0 Å². The fraction of sp³-hybridized carbons (Fsp3) is 0.381. The van der Waals surface area contributed by atoms with Gasteiger partial charge in [0.05, 0.1) is 20.6 Å². The van der Waals surface area contributed by atoms with E-state index in [0.29, 0.717) is 11.1 Å². The number of hydrogen-bond acceptors (Lipinski definition) is 3. The number of aliphatic hydroxyl groups is 1. The van der Waals surface area contributed by atoms with Crippen molar-refractivity contribution in [2.45, 2.75) is 24.5 Å². The Hall–Kier alpha value is -1.20. The molecule has 0 bridgehead atoms. The van der Waals surface area contributed by atoms with Crippen molar-refractivity contribution >= 4 is 5.97 Å². The van der Waals surface area contributed by atoms with Gasteiger partial charge in [-0.25, -0.2) is 4.79 Å². The van der Waals surface area contributed by atoms with Crippen LogP contribution in [-0.2, 0) is 31.6 Å². The van der Waals surface area contributed by atoms with E-state index in [1.807, 2.05) is 36.4 Å². The molecule has 27 heavy (non-hydrogen) atoms. The fourth-order valence-corrected chi connectivity index (χ4v) is 3.57. The number of hydrogen-bond donors (Lipinski definition) is 1. The second-order valence-electron chi connectivity index (χ2n) is 7.45. The van der Waals surface area contributed by atoms with E-state index in [0.717, 1.165) is 30.4 Å². The molecule has 2 aromatic rings. The molecule has 0 saturated carbocycles. The van der Waals surface area contributed by atoms with Crippen molar-refractivity contribution in [3.05, 3.63) is 71.8 Å². The van der Waals surface area contributed by atoms with E-state index >= 15 is 0 Å². The van der Waals surface area contributed by atoms with E-state index in [-0.39, 0.29) is 39.6 Å². The zero-order valence-corrected chi connectivity index (χ0v) is 18.2. The molecule has 0 radical (unpaired) electrons. The van der Waals surface area contributed by atoms with E-state index < -0.39 is 11.6 Å². The molecule has 0 aliphatic carbocycles. The van der Waals surface area contributed by atoms with Gasteiger partial charge in [0, 0.05) is 22.9 Å². The van der Waals surface area contributed by atoms with Crippen molar-refractivity contribution in [3.63, 3.8) is 0 Å². The van der Waals surface area contributed by atoms with Gasteiger partial charge in [-0.15, -0.1) is 0 Å². The van der Waals surface area contributed by atoms with Gasteiger partial charge < -0.3 is 31.3 Å². The summed E-state index contributed by atoms with van der Waals surface area (Å²) in [6.07, 6.45) is 1.68. The van der Waals surface area contributed by atoms with Crippen LogP contribution < -0.4 is 17.0 Å². The van der Waals surface area contributed by atoms with Crippen molar-refractivity contribution in [1.29, 1.82) is 0 Å². The molecule has 1 N–H and O–H groups in total. The van der Waals surface area contributed by atoms with Crippen molar-refractivity contribution < 1.29 is 52.6 Å². The molecule has 1 fully saturated rings. The van der Waals surface area contributed by atoms with Crippen molar-refractivity contribution in [3.8, 4) is 0 Å². The maximum absolute atomic E-state index is 13.1. The first kappa shape index (κ1) is 23.8. The Balaban J connectivity index is 0.00000182. The molecule has 1 aliphatic rings. The number of esters is 1. The average molecular weight is 479 g/mol. The van der Waals surface area contributed by atoms with Crippen molar-refractivity contribution in [2.75, 3.05) is 27.2 Å². The van der Waals surface area contributed by atoms with Crippen LogP contribution in [0.5, 0.6) is 0 Å². The molecule has 6 heteroatoms. The Labute approximate surface area is 181 Å². The number of likely N-dealkylation sites (tertiary alicyclic amines) is 1. The number of halogens is 1. The quantitative estimate of drug-likeness (QED) is 0.373. The zero-order valence-electron chi connectivity index (χ0n) is 15.6. The molecule has 0 spiro atoms. The zero-order chi connectivity index (χ0) is 17.9. The minimum atomic E-state index is -1.79. The first-order valence-corrected chi connectivity index (χ1v) is 8.78. The summed E-state index contributed by atoms with van der Waals surface area (Å²) in [5, 5.41) is 11.4. The van der Waals surface area contributed by atoms with E-state index in [9.17, 15) is 9.90 Å². The monoisotopic (exact) mass is 477 g/mol. The van der Waals surface area contributed by atoms with Gasteiger partial charge in [-0.1, -0.05) is 60.7 Å². The molecule has 1 saturated heterocycles. The largest absolute Gasteiger partial charge is 1.00 e. The number of rotatable bonds is 4. The third-order valence-corrected chi connectivity index (χ3v) is 4.94. The molecule has 4 nitrogen and oxygen atoms in total. The molecule has 0 aromatic heterocycles. The van der Waals surface area contributed by atoms with Gasteiger partial charge in [-0.2, -0.15) is 0 Å². The molecule has 150 valence electrons. The summed E-state index contributed by atoms with van der Waals surface area (Å²) >= 11 is 0. The van der Waals surface area contributed by atoms with Crippen LogP contribution in [0.2, 0.25) is 0 Å². The summed E-state index contributed by atoms with van der Waals surface area (Å²) in [6, 6.07) is 18.0. The number of ether oxygens (including phenoxy) is 1. The van der Waals surface area contributed by atoms with E-state index in [1.54, 1.807) is 24.3 Å². The van der Waals surface area contributed by atoms with Crippen LogP contribution in [0.1, 0.15) is 24.0 Å². The molecule has 1 aliphatic heterocycles. The molecule has 1 heterocycles. The predicted octanol–water partition coefficient (Wildman–Crippen LogP) is -0.294. The third-order valence-electron chi connectivity index (χ3n) is 4.94. The number of likely N-dealkylation sites (N-methyl/N-ethyl adjacent to an activating group) is 1. The topological polar surface area (TPSA) is 46.5 Å². The summed E-state index contributed by atoms with van der Waals surface area (Å²) in [7, 11) is 4.28. The maximum atomic E-state index is 13.1. The molecule has 2 aromatic carbocycles. The van der Waals surface area contributed by atoms with Gasteiger partial charge in [-0.05, 0) is 17.5 Å². The minimum Gasteiger partial charge on any atom is -1.00 e. The number of carbonyl (C=O) groups excluding carboxylic acids is 1. The summed E-state index contributed by atoms with van der Waals surface area (Å²) in [6.45, 7) is 1.85. The predicted molar refractivity (Wildman–Crippen MR) is 96.8 cm³/mol. The fourth-order valence-electron chi connectivity index (χ4n) is 3.57. The van der Waals surface area contributed by atoms with E-state index in [2.05, 4.69) is 14.1 Å². The summed E-state index contributed by atoms with van der Waals surface area (Å²) in [5.41, 5.74) is -0.747. The van der Waals surface area contributed by atoms with Crippen LogP contribution in [0.15, 0.2) is 60.7 Å². The Bertz CT molecular complexity index is 685.